The van der Waals surface area contributed by atoms with Crippen LogP contribution in [0.25, 0.3) is 0 Å². The molecule has 0 heterocycles. The lowest BCUT2D eigenvalue weighted by atomic mass is 9.84. The third-order valence-electron chi connectivity index (χ3n) is 3.91. The minimum Gasteiger partial charge on any atom is -0.469 e. The number of esters is 1. The first-order valence-electron chi connectivity index (χ1n) is 8.16. The molecule has 7 nitrogen and oxygen atoms in total. The highest BCUT2D eigenvalue weighted by molar-refractivity contribution is 5.76. The molecule has 0 fully saturated rings. The Bertz CT molecular complexity index is 550. The van der Waals surface area contributed by atoms with Gasteiger partial charge in [0.1, 0.15) is 6.10 Å². The number of ether oxygens (including phenoxy) is 2. The number of rotatable bonds is 9. The SMILES string of the molecule is COC(=O)C(C)(CO)CC(O)CC(C)OC(=O)NCc1ccccc1. The van der Waals surface area contributed by atoms with Gasteiger partial charge < -0.3 is 25.0 Å². The molecule has 0 saturated carbocycles. The van der Waals surface area contributed by atoms with Gasteiger partial charge >= 0.3 is 12.1 Å². The smallest absolute Gasteiger partial charge is 0.407 e. The Morgan fingerprint density at radius 3 is 2.48 bits per heavy atom. The van der Waals surface area contributed by atoms with Crippen molar-refractivity contribution in [3.05, 3.63) is 35.9 Å². The van der Waals surface area contributed by atoms with E-state index >= 15 is 0 Å². The largest absolute Gasteiger partial charge is 0.469 e. The summed E-state index contributed by atoms with van der Waals surface area (Å²) in [5.74, 6) is -0.594. The molecular formula is C18H27NO6. The average Bonchev–Trinajstić information content (AvgIpc) is 2.59. The molecule has 0 radical (unpaired) electrons. The molecule has 1 aromatic carbocycles. The lowest BCUT2D eigenvalue weighted by Gasteiger charge is -2.27. The van der Waals surface area contributed by atoms with Gasteiger partial charge in [0, 0.05) is 13.0 Å². The molecule has 1 aromatic rings. The maximum atomic E-state index is 11.8. The van der Waals surface area contributed by atoms with Crippen molar-refractivity contribution in [2.45, 2.75) is 45.4 Å². The van der Waals surface area contributed by atoms with E-state index in [9.17, 15) is 19.8 Å². The summed E-state index contributed by atoms with van der Waals surface area (Å²) in [6.45, 7) is 3.07. The van der Waals surface area contributed by atoms with E-state index in [4.69, 9.17) is 4.74 Å². The Morgan fingerprint density at radius 2 is 1.92 bits per heavy atom. The Balaban J connectivity index is 2.40. The van der Waals surface area contributed by atoms with Crippen LogP contribution >= 0.6 is 0 Å². The van der Waals surface area contributed by atoms with Gasteiger partial charge in [0.15, 0.2) is 0 Å². The highest BCUT2D eigenvalue weighted by atomic mass is 16.6. The fourth-order valence-corrected chi connectivity index (χ4v) is 2.49. The number of hydrogen-bond donors (Lipinski definition) is 3. The van der Waals surface area contributed by atoms with E-state index in [0.717, 1.165) is 5.56 Å². The van der Waals surface area contributed by atoms with Crippen LogP contribution in [0.5, 0.6) is 0 Å². The normalized spacial score (nSPS) is 15.6. The van der Waals surface area contributed by atoms with Crippen LogP contribution in [0.4, 0.5) is 4.79 Å². The molecule has 0 saturated heterocycles. The number of aliphatic hydroxyl groups is 2. The summed E-state index contributed by atoms with van der Waals surface area (Å²) in [5, 5.41) is 22.1. The quantitative estimate of drug-likeness (QED) is 0.583. The van der Waals surface area contributed by atoms with Crippen molar-refractivity contribution in [3.63, 3.8) is 0 Å². The first-order chi connectivity index (χ1) is 11.8. The van der Waals surface area contributed by atoms with E-state index in [2.05, 4.69) is 10.1 Å². The van der Waals surface area contributed by atoms with Gasteiger partial charge in [-0.2, -0.15) is 0 Å². The van der Waals surface area contributed by atoms with Crippen molar-refractivity contribution in [3.8, 4) is 0 Å². The number of methoxy groups -OCH3 is 1. The summed E-state index contributed by atoms with van der Waals surface area (Å²) in [6, 6.07) is 9.41. The van der Waals surface area contributed by atoms with E-state index in [0.29, 0.717) is 6.54 Å². The number of alkyl carbamates (subject to hydrolysis) is 1. The summed E-state index contributed by atoms with van der Waals surface area (Å²) in [5.41, 5.74) is -0.243. The molecular weight excluding hydrogens is 326 g/mol. The Kier molecular flexibility index (Phi) is 8.37. The van der Waals surface area contributed by atoms with Crippen LogP contribution in [0.3, 0.4) is 0 Å². The summed E-state index contributed by atoms with van der Waals surface area (Å²) in [6.07, 6.45) is -1.90. The van der Waals surface area contributed by atoms with Crippen molar-refractivity contribution < 1.29 is 29.3 Å². The number of hydrogen-bond acceptors (Lipinski definition) is 6. The van der Waals surface area contributed by atoms with Crippen LogP contribution in [-0.2, 0) is 20.8 Å². The van der Waals surface area contributed by atoms with Gasteiger partial charge in [-0.1, -0.05) is 30.3 Å². The number of carbonyl (C=O) groups excluding carboxylic acids is 2. The third-order valence-corrected chi connectivity index (χ3v) is 3.91. The Morgan fingerprint density at radius 1 is 1.28 bits per heavy atom. The first kappa shape index (κ1) is 20.9. The van der Waals surface area contributed by atoms with E-state index in [1.807, 2.05) is 30.3 Å². The van der Waals surface area contributed by atoms with Gasteiger partial charge in [0.25, 0.3) is 0 Å². The van der Waals surface area contributed by atoms with Crippen LogP contribution in [-0.4, -0.2) is 48.2 Å². The fourth-order valence-electron chi connectivity index (χ4n) is 2.49. The predicted octanol–water partition coefficient (Wildman–Crippen LogP) is 1.61. The van der Waals surface area contributed by atoms with Gasteiger partial charge in [-0.3, -0.25) is 4.79 Å². The Labute approximate surface area is 147 Å². The predicted molar refractivity (Wildman–Crippen MR) is 91.7 cm³/mol. The summed E-state index contributed by atoms with van der Waals surface area (Å²) in [4.78, 5) is 23.5. The van der Waals surface area contributed by atoms with Crippen LogP contribution in [0, 0.1) is 5.41 Å². The number of amides is 1. The zero-order valence-electron chi connectivity index (χ0n) is 14.9. The lowest BCUT2D eigenvalue weighted by molar-refractivity contribution is -0.156. The van der Waals surface area contributed by atoms with Crippen LogP contribution < -0.4 is 5.32 Å². The maximum absolute atomic E-state index is 11.8. The fraction of sp³-hybridized carbons (Fsp3) is 0.556. The Hall–Kier alpha value is -2.12. The minimum absolute atomic E-state index is 0.00943. The highest BCUT2D eigenvalue weighted by Gasteiger charge is 2.36. The molecule has 1 amide bonds. The lowest BCUT2D eigenvalue weighted by Crippen LogP contribution is -2.38. The van der Waals surface area contributed by atoms with Crippen molar-refractivity contribution in [2.24, 2.45) is 5.41 Å². The van der Waals surface area contributed by atoms with Crippen molar-refractivity contribution >= 4 is 12.1 Å². The number of benzene rings is 1. The number of carbonyl (C=O) groups is 2. The summed E-state index contributed by atoms with van der Waals surface area (Å²) >= 11 is 0. The molecule has 0 aliphatic rings. The second-order valence-electron chi connectivity index (χ2n) is 6.36. The maximum Gasteiger partial charge on any atom is 0.407 e. The van der Waals surface area contributed by atoms with E-state index < -0.39 is 36.3 Å². The van der Waals surface area contributed by atoms with Gasteiger partial charge in [-0.25, -0.2) is 4.79 Å². The second-order valence-corrected chi connectivity index (χ2v) is 6.36. The molecule has 3 atom stereocenters. The van der Waals surface area contributed by atoms with Crippen molar-refractivity contribution in [1.82, 2.24) is 5.32 Å². The molecule has 3 unspecified atom stereocenters. The van der Waals surface area contributed by atoms with Crippen LogP contribution in [0.2, 0.25) is 0 Å². The molecule has 1 rings (SSSR count). The van der Waals surface area contributed by atoms with Gasteiger partial charge in [0.2, 0.25) is 0 Å². The molecule has 0 aliphatic heterocycles. The van der Waals surface area contributed by atoms with Crippen molar-refractivity contribution in [2.75, 3.05) is 13.7 Å². The second kappa shape index (κ2) is 10.0. The van der Waals surface area contributed by atoms with E-state index in [1.54, 1.807) is 6.92 Å². The summed E-state index contributed by atoms with van der Waals surface area (Å²) < 4.78 is 9.83. The van der Waals surface area contributed by atoms with Crippen LogP contribution in [0.1, 0.15) is 32.3 Å². The summed E-state index contributed by atoms with van der Waals surface area (Å²) in [7, 11) is 1.23. The number of aliphatic hydroxyl groups excluding tert-OH is 2. The van der Waals surface area contributed by atoms with Gasteiger partial charge in [-0.15, -0.1) is 0 Å². The zero-order chi connectivity index (χ0) is 18.9. The molecule has 0 spiro atoms. The molecule has 25 heavy (non-hydrogen) atoms. The topological polar surface area (TPSA) is 105 Å². The highest BCUT2D eigenvalue weighted by Crippen LogP contribution is 2.26. The van der Waals surface area contributed by atoms with Crippen molar-refractivity contribution in [1.29, 1.82) is 0 Å². The van der Waals surface area contributed by atoms with E-state index in [1.165, 1.54) is 14.0 Å². The zero-order valence-corrected chi connectivity index (χ0v) is 14.9. The standard InChI is InChI=1S/C18H27NO6/c1-13(9-15(21)10-18(2,12-20)16(22)24-3)25-17(23)19-11-14-7-5-4-6-8-14/h4-8,13,15,20-21H,9-12H2,1-3H3,(H,19,23). The molecule has 0 bridgehead atoms. The van der Waals surface area contributed by atoms with Crippen LogP contribution in [0.15, 0.2) is 30.3 Å². The minimum atomic E-state index is -1.19. The molecule has 3 N–H and O–H groups in total. The first-order valence-corrected chi connectivity index (χ1v) is 8.16. The molecule has 7 heteroatoms. The molecule has 140 valence electrons. The van der Waals surface area contributed by atoms with Gasteiger partial charge in [-0.05, 0) is 25.8 Å². The monoisotopic (exact) mass is 353 g/mol. The average molecular weight is 353 g/mol. The van der Waals surface area contributed by atoms with Gasteiger partial charge in [0.05, 0.1) is 25.2 Å². The number of nitrogens with one attached hydrogen (secondary N) is 1. The third kappa shape index (κ3) is 7.11. The molecule has 0 aliphatic carbocycles. The molecule has 0 aromatic heterocycles. The van der Waals surface area contributed by atoms with E-state index in [-0.39, 0.29) is 12.8 Å².